The Balaban J connectivity index is 1.63. The van der Waals surface area contributed by atoms with Gasteiger partial charge in [0.25, 0.3) is 0 Å². The molecule has 3 aromatic rings. The molecule has 1 saturated carbocycles. The second-order valence-corrected chi connectivity index (χ2v) is 6.30. The molecule has 0 radical (unpaired) electrons. The van der Waals surface area contributed by atoms with Crippen molar-refractivity contribution in [2.24, 2.45) is 0 Å². The Morgan fingerprint density at radius 2 is 2.09 bits per heavy atom. The van der Waals surface area contributed by atoms with Crippen LogP contribution in [0.5, 0.6) is 0 Å². The predicted molar refractivity (Wildman–Crippen MR) is 88.7 cm³/mol. The molecule has 1 aliphatic carbocycles. The molecule has 1 fully saturated rings. The molecule has 0 saturated heterocycles. The molecule has 4 nitrogen and oxygen atoms in total. The maximum absolute atomic E-state index is 5.94. The van der Waals surface area contributed by atoms with Gasteiger partial charge in [0.1, 0.15) is 17.8 Å². The number of anilines is 1. The first-order valence-electron chi connectivity index (χ1n) is 7.86. The van der Waals surface area contributed by atoms with E-state index in [-0.39, 0.29) is 0 Å². The van der Waals surface area contributed by atoms with Crippen LogP contribution in [-0.2, 0) is 0 Å². The molecule has 112 valence electrons. The second-order valence-electron chi connectivity index (χ2n) is 6.30. The Labute approximate surface area is 130 Å². The molecule has 4 rings (SSSR count). The Morgan fingerprint density at radius 3 is 2.95 bits per heavy atom. The highest BCUT2D eigenvalue weighted by molar-refractivity contribution is 5.86. The third-order valence-electron chi connectivity index (χ3n) is 4.85. The summed E-state index contributed by atoms with van der Waals surface area (Å²) < 4.78 is 2.28. The lowest BCUT2D eigenvalue weighted by Crippen LogP contribution is -2.05. The number of fused-ring (bicyclic) bond motifs is 1. The fourth-order valence-corrected chi connectivity index (χ4v) is 3.72. The van der Waals surface area contributed by atoms with E-state index in [0.717, 1.165) is 17.5 Å². The summed E-state index contributed by atoms with van der Waals surface area (Å²) in [5.41, 5.74) is 9.71. The van der Waals surface area contributed by atoms with Crippen LogP contribution in [-0.4, -0.2) is 14.5 Å². The molecule has 0 bridgehead atoms. The monoisotopic (exact) mass is 292 g/mol. The van der Waals surface area contributed by atoms with Crippen LogP contribution in [0, 0.1) is 6.92 Å². The van der Waals surface area contributed by atoms with Gasteiger partial charge in [-0.15, -0.1) is 0 Å². The molecular weight excluding hydrogens is 272 g/mol. The lowest BCUT2D eigenvalue weighted by atomic mass is 9.96. The molecule has 0 spiro atoms. The summed E-state index contributed by atoms with van der Waals surface area (Å²) in [5.74, 6) is 1.21. The zero-order valence-corrected chi connectivity index (χ0v) is 12.7. The molecule has 1 aromatic carbocycles. The first-order valence-corrected chi connectivity index (χ1v) is 7.86. The second kappa shape index (κ2) is 5.13. The van der Waals surface area contributed by atoms with E-state index in [1.165, 1.54) is 24.0 Å². The van der Waals surface area contributed by atoms with Crippen LogP contribution >= 0.6 is 0 Å². The standard InChI is InChI=1S/C18H20N4/c1-12-3-2-4-13(9-12)14-5-6-15(10-14)22-8-7-16-17(19)20-11-21-18(16)22/h2-4,7-9,11,14-15H,5-6,10H2,1H3,(H2,19,20,21). The van der Waals surface area contributed by atoms with Gasteiger partial charge >= 0.3 is 0 Å². The van der Waals surface area contributed by atoms with Gasteiger partial charge in [0.05, 0.1) is 5.39 Å². The maximum Gasteiger partial charge on any atom is 0.145 e. The number of aromatic nitrogens is 3. The number of nitrogen functional groups attached to an aromatic ring is 1. The summed E-state index contributed by atoms with van der Waals surface area (Å²) >= 11 is 0. The molecule has 2 atom stereocenters. The first-order chi connectivity index (χ1) is 10.7. The summed E-state index contributed by atoms with van der Waals surface area (Å²) in [6, 6.07) is 11.4. The van der Waals surface area contributed by atoms with Crippen molar-refractivity contribution in [3.63, 3.8) is 0 Å². The van der Waals surface area contributed by atoms with Crippen LogP contribution < -0.4 is 5.73 Å². The van der Waals surface area contributed by atoms with Gasteiger partial charge < -0.3 is 10.3 Å². The van der Waals surface area contributed by atoms with E-state index in [0.29, 0.717) is 17.8 Å². The SMILES string of the molecule is Cc1cccc(C2CCC(n3ccc4c(N)ncnc43)C2)c1. The van der Waals surface area contributed by atoms with Crippen molar-refractivity contribution in [3.05, 3.63) is 54.0 Å². The average molecular weight is 292 g/mol. The zero-order valence-electron chi connectivity index (χ0n) is 12.7. The third kappa shape index (κ3) is 2.15. The molecule has 22 heavy (non-hydrogen) atoms. The zero-order chi connectivity index (χ0) is 15.1. The van der Waals surface area contributed by atoms with Crippen molar-refractivity contribution in [2.75, 3.05) is 5.73 Å². The molecule has 2 unspecified atom stereocenters. The molecule has 0 aliphatic heterocycles. The predicted octanol–water partition coefficient (Wildman–Crippen LogP) is 3.83. The molecule has 1 aliphatic rings. The topological polar surface area (TPSA) is 56.7 Å². The third-order valence-corrected chi connectivity index (χ3v) is 4.85. The molecule has 2 heterocycles. The highest BCUT2D eigenvalue weighted by Crippen LogP contribution is 2.42. The van der Waals surface area contributed by atoms with E-state index in [4.69, 9.17) is 5.73 Å². The number of benzene rings is 1. The van der Waals surface area contributed by atoms with Crippen LogP contribution in [0.4, 0.5) is 5.82 Å². The highest BCUT2D eigenvalue weighted by atomic mass is 15.1. The van der Waals surface area contributed by atoms with Crippen LogP contribution in [0.2, 0.25) is 0 Å². The minimum atomic E-state index is 0.498. The lowest BCUT2D eigenvalue weighted by molar-refractivity contribution is 0.523. The number of hydrogen-bond donors (Lipinski definition) is 1. The fourth-order valence-electron chi connectivity index (χ4n) is 3.72. The van der Waals surface area contributed by atoms with Gasteiger partial charge in [-0.05, 0) is 43.7 Å². The first kappa shape index (κ1) is 13.3. The van der Waals surface area contributed by atoms with Crippen LogP contribution in [0.1, 0.15) is 42.3 Å². The smallest absolute Gasteiger partial charge is 0.145 e. The van der Waals surface area contributed by atoms with Gasteiger partial charge in [-0.2, -0.15) is 0 Å². The Morgan fingerprint density at radius 1 is 1.18 bits per heavy atom. The van der Waals surface area contributed by atoms with Crippen molar-refractivity contribution >= 4 is 16.9 Å². The van der Waals surface area contributed by atoms with Gasteiger partial charge in [0.2, 0.25) is 0 Å². The summed E-state index contributed by atoms with van der Waals surface area (Å²) in [7, 11) is 0. The number of nitrogens with two attached hydrogens (primary N) is 1. The van der Waals surface area contributed by atoms with Crippen molar-refractivity contribution in [3.8, 4) is 0 Å². The lowest BCUT2D eigenvalue weighted by Gasteiger charge is -2.15. The summed E-state index contributed by atoms with van der Waals surface area (Å²) in [5, 5.41) is 0.960. The van der Waals surface area contributed by atoms with E-state index in [1.54, 1.807) is 6.33 Å². The van der Waals surface area contributed by atoms with Gasteiger partial charge in [0, 0.05) is 12.2 Å². The molecule has 2 aromatic heterocycles. The van der Waals surface area contributed by atoms with Crippen LogP contribution in [0.15, 0.2) is 42.9 Å². The summed E-state index contributed by atoms with van der Waals surface area (Å²) in [6.45, 7) is 2.16. The summed E-state index contributed by atoms with van der Waals surface area (Å²) in [4.78, 5) is 8.50. The molecule has 0 amide bonds. The van der Waals surface area contributed by atoms with Crippen LogP contribution in [0.3, 0.4) is 0 Å². The fraction of sp³-hybridized carbons (Fsp3) is 0.333. The van der Waals surface area contributed by atoms with Gasteiger partial charge in [-0.3, -0.25) is 0 Å². The van der Waals surface area contributed by atoms with Crippen LogP contribution in [0.25, 0.3) is 11.0 Å². The van der Waals surface area contributed by atoms with E-state index in [2.05, 4.69) is 51.9 Å². The van der Waals surface area contributed by atoms with E-state index < -0.39 is 0 Å². The van der Waals surface area contributed by atoms with Crippen molar-refractivity contribution in [1.82, 2.24) is 14.5 Å². The van der Waals surface area contributed by atoms with E-state index in [1.807, 2.05) is 6.07 Å². The minimum absolute atomic E-state index is 0.498. The normalized spacial score (nSPS) is 21.5. The number of aryl methyl sites for hydroxylation is 1. The van der Waals surface area contributed by atoms with E-state index >= 15 is 0 Å². The Kier molecular flexibility index (Phi) is 3.10. The minimum Gasteiger partial charge on any atom is -0.383 e. The Bertz CT molecular complexity index is 821. The van der Waals surface area contributed by atoms with Crippen molar-refractivity contribution in [2.45, 2.75) is 38.1 Å². The maximum atomic E-state index is 5.94. The van der Waals surface area contributed by atoms with E-state index in [9.17, 15) is 0 Å². The number of hydrogen-bond acceptors (Lipinski definition) is 3. The van der Waals surface area contributed by atoms with Gasteiger partial charge in [-0.25, -0.2) is 9.97 Å². The highest BCUT2D eigenvalue weighted by Gasteiger charge is 2.28. The number of rotatable bonds is 2. The van der Waals surface area contributed by atoms with Crippen molar-refractivity contribution < 1.29 is 0 Å². The van der Waals surface area contributed by atoms with Crippen molar-refractivity contribution in [1.29, 1.82) is 0 Å². The summed E-state index contributed by atoms with van der Waals surface area (Å²) in [6.07, 6.45) is 7.25. The van der Waals surface area contributed by atoms with Gasteiger partial charge in [-0.1, -0.05) is 29.8 Å². The Hall–Kier alpha value is -2.36. The largest absolute Gasteiger partial charge is 0.383 e. The molecule has 4 heteroatoms. The molecule has 2 N–H and O–H groups in total. The quantitative estimate of drug-likeness (QED) is 0.781. The molecular formula is C18H20N4. The van der Waals surface area contributed by atoms with Gasteiger partial charge in [0.15, 0.2) is 0 Å². The average Bonchev–Trinajstić information content (AvgIpc) is 3.14. The number of nitrogens with zero attached hydrogens (tertiary/aromatic N) is 3.